The zero-order valence-electron chi connectivity index (χ0n) is 15.9. The van der Waals surface area contributed by atoms with Crippen molar-refractivity contribution in [2.24, 2.45) is 5.10 Å². The molecule has 7 heteroatoms. The average Bonchev–Trinajstić information content (AvgIpc) is 2.69. The second-order valence-electron chi connectivity index (χ2n) is 6.43. The molecule has 0 N–H and O–H groups in total. The molecule has 0 spiro atoms. The summed E-state index contributed by atoms with van der Waals surface area (Å²) in [5, 5.41) is 4.97. The second kappa shape index (κ2) is 9.17. The minimum Gasteiger partial charge on any atom is -0.490 e. The van der Waals surface area contributed by atoms with E-state index < -0.39 is 0 Å². The first kappa shape index (κ1) is 21.0. The normalized spacial score (nSPS) is 12.6. The zero-order chi connectivity index (χ0) is 20.3. The van der Waals surface area contributed by atoms with Gasteiger partial charge in [0.1, 0.15) is 11.6 Å². The second-order valence-corrected chi connectivity index (χ2v) is 8.51. The molecule has 3 rings (SSSR count). The highest BCUT2D eigenvalue weighted by Crippen LogP contribution is 2.23. The number of aryl methyl sites for hydroxylation is 1. The van der Waals surface area contributed by atoms with Gasteiger partial charge < -0.3 is 4.74 Å². The summed E-state index contributed by atoms with van der Waals surface area (Å²) < 4.78 is 9.13. The Labute approximate surface area is 186 Å². The Hall–Kier alpha value is -1.74. The molecule has 0 bridgehead atoms. The number of hydrogen-bond acceptors (Lipinski definition) is 4. The molecule has 2 aromatic carbocycles. The maximum absolute atomic E-state index is 12.9. The Morgan fingerprint density at radius 3 is 2.75 bits per heavy atom. The molecule has 0 radical (unpaired) electrons. The maximum Gasteiger partial charge on any atom is 0.282 e. The molecule has 5 nitrogen and oxygen atoms in total. The molecular formula is C21H21BrIN3O2. The number of ether oxygens (including phenoxy) is 1. The summed E-state index contributed by atoms with van der Waals surface area (Å²) in [4.78, 5) is 17.5. The summed E-state index contributed by atoms with van der Waals surface area (Å²) in [6.07, 6.45) is 3.41. The van der Waals surface area contributed by atoms with Crippen molar-refractivity contribution < 1.29 is 4.74 Å². The first-order valence-electron chi connectivity index (χ1n) is 9.14. The first-order valence-corrected chi connectivity index (χ1v) is 11.0. The Morgan fingerprint density at radius 1 is 1.29 bits per heavy atom. The fourth-order valence-corrected chi connectivity index (χ4v) is 3.69. The quantitative estimate of drug-likeness (QED) is 0.304. The van der Waals surface area contributed by atoms with Crippen LogP contribution in [0.25, 0.3) is 10.9 Å². The van der Waals surface area contributed by atoms with Crippen molar-refractivity contribution in [1.29, 1.82) is 0 Å². The van der Waals surface area contributed by atoms with Gasteiger partial charge in [0.2, 0.25) is 0 Å². The lowest BCUT2D eigenvalue weighted by molar-refractivity contribution is 0.216. The van der Waals surface area contributed by atoms with Crippen LogP contribution in [0.15, 0.2) is 50.8 Å². The molecule has 0 fully saturated rings. The minimum atomic E-state index is -0.175. The summed E-state index contributed by atoms with van der Waals surface area (Å²) in [7, 11) is 0. The van der Waals surface area contributed by atoms with Crippen LogP contribution in [0.4, 0.5) is 0 Å². The van der Waals surface area contributed by atoms with Gasteiger partial charge in [0.15, 0.2) is 0 Å². The van der Waals surface area contributed by atoms with Gasteiger partial charge >= 0.3 is 0 Å². The lowest BCUT2D eigenvalue weighted by atomic mass is 10.2. The highest BCUT2D eigenvalue weighted by Gasteiger charge is 2.10. The number of aromatic nitrogens is 2. The molecule has 146 valence electrons. The predicted molar refractivity (Wildman–Crippen MR) is 126 cm³/mol. The Bertz CT molecular complexity index is 1090. The lowest BCUT2D eigenvalue weighted by Crippen LogP contribution is -2.22. The summed E-state index contributed by atoms with van der Waals surface area (Å²) >= 11 is 5.67. The van der Waals surface area contributed by atoms with E-state index in [9.17, 15) is 4.79 Å². The number of nitrogens with zero attached hydrogens (tertiary/aromatic N) is 3. The SMILES string of the molecule is CCc1nc2ccc(Br)cc2c(=O)n1N=Cc1ccc(O[C@@H](C)CC)c(I)c1. The van der Waals surface area contributed by atoms with Crippen LogP contribution in [0.1, 0.15) is 38.6 Å². The minimum absolute atomic E-state index is 0.168. The van der Waals surface area contributed by atoms with E-state index in [2.05, 4.69) is 62.5 Å². The van der Waals surface area contributed by atoms with E-state index in [4.69, 9.17) is 4.74 Å². The van der Waals surface area contributed by atoms with Crippen molar-refractivity contribution >= 4 is 55.6 Å². The van der Waals surface area contributed by atoms with E-state index in [-0.39, 0.29) is 11.7 Å². The van der Waals surface area contributed by atoms with Crippen LogP contribution in [0.2, 0.25) is 0 Å². The average molecular weight is 554 g/mol. The van der Waals surface area contributed by atoms with Gasteiger partial charge in [-0.05, 0) is 77.9 Å². The number of rotatable bonds is 6. The smallest absolute Gasteiger partial charge is 0.282 e. The molecule has 28 heavy (non-hydrogen) atoms. The molecule has 0 saturated carbocycles. The zero-order valence-corrected chi connectivity index (χ0v) is 19.7. The maximum atomic E-state index is 12.9. The third-order valence-corrected chi connectivity index (χ3v) is 5.71. The van der Waals surface area contributed by atoms with E-state index in [0.29, 0.717) is 23.1 Å². The van der Waals surface area contributed by atoms with E-state index in [1.54, 1.807) is 12.3 Å². The van der Waals surface area contributed by atoms with Crippen molar-refractivity contribution in [2.45, 2.75) is 39.7 Å². The van der Waals surface area contributed by atoms with Gasteiger partial charge in [-0.25, -0.2) is 4.98 Å². The molecule has 1 atom stereocenters. The Balaban J connectivity index is 1.98. The van der Waals surface area contributed by atoms with Gasteiger partial charge in [0, 0.05) is 10.9 Å². The monoisotopic (exact) mass is 553 g/mol. The van der Waals surface area contributed by atoms with Gasteiger partial charge in [0.05, 0.1) is 26.8 Å². The Morgan fingerprint density at radius 2 is 2.07 bits per heavy atom. The molecule has 0 aliphatic heterocycles. The third-order valence-electron chi connectivity index (χ3n) is 4.37. The first-order chi connectivity index (χ1) is 13.4. The lowest BCUT2D eigenvalue weighted by Gasteiger charge is -2.14. The highest BCUT2D eigenvalue weighted by molar-refractivity contribution is 14.1. The van der Waals surface area contributed by atoms with E-state index in [1.807, 2.05) is 37.3 Å². The molecule has 0 amide bonds. The van der Waals surface area contributed by atoms with Crippen LogP contribution >= 0.6 is 38.5 Å². The third kappa shape index (κ3) is 4.63. The van der Waals surface area contributed by atoms with Crippen LogP contribution in [0.3, 0.4) is 0 Å². The van der Waals surface area contributed by atoms with Crippen molar-refractivity contribution in [1.82, 2.24) is 9.66 Å². The summed E-state index contributed by atoms with van der Waals surface area (Å²) in [5.74, 6) is 1.48. The molecule has 3 aromatic rings. The Kier molecular flexibility index (Phi) is 6.87. The van der Waals surface area contributed by atoms with Gasteiger partial charge in [-0.15, -0.1) is 0 Å². The molecule has 0 unspecified atom stereocenters. The van der Waals surface area contributed by atoms with Crippen LogP contribution in [0, 0.1) is 3.57 Å². The van der Waals surface area contributed by atoms with Crippen molar-refractivity contribution in [3.05, 3.63) is 66.2 Å². The van der Waals surface area contributed by atoms with Crippen molar-refractivity contribution in [2.75, 3.05) is 0 Å². The number of fused-ring (bicyclic) bond motifs is 1. The van der Waals surface area contributed by atoms with Crippen LogP contribution in [-0.2, 0) is 6.42 Å². The van der Waals surface area contributed by atoms with E-state index in [1.165, 1.54) is 4.68 Å². The fraction of sp³-hybridized carbons (Fsp3) is 0.286. The van der Waals surface area contributed by atoms with Crippen molar-refractivity contribution in [3.63, 3.8) is 0 Å². The summed E-state index contributed by atoms with van der Waals surface area (Å²) in [6.45, 7) is 6.11. The van der Waals surface area contributed by atoms with Gasteiger partial charge in [-0.1, -0.05) is 29.8 Å². The van der Waals surface area contributed by atoms with E-state index >= 15 is 0 Å². The fourth-order valence-electron chi connectivity index (χ4n) is 2.66. The van der Waals surface area contributed by atoms with Crippen molar-refractivity contribution in [3.8, 4) is 5.75 Å². The molecule has 0 aliphatic rings. The topological polar surface area (TPSA) is 56.5 Å². The number of hydrogen-bond donors (Lipinski definition) is 0. The molecular weight excluding hydrogens is 533 g/mol. The number of halogens is 2. The summed E-state index contributed by atoms with van der Waals surface area (Å²) in [5.41, 5.74) is 1.40. The van der Waals surface area contributed by atoms with E-state index in [0.717, 1.165) is 25.8 Å². The molecule has 0 saturated heterocycles. The van der Waals surface area contributed by atoms with Crippen LogP contribution in [-0.4, -0.2) is 22.0 Å². The number of benzene rings is 2. The summed E-state index contributed by atoms with van der Waals surface area (Å²) in [6, 6.07) is 11.4. The molecule has 1 heterocycles. The largest absolute Gasteiger partial charge is 0.490 e. The predicted octanol–water partition coefficient (Wildman–Crippen LogP) is 5.39. The van der Waals surface area contributed by atoms with Gasteiger partial charge in [0.25, 0.3) is 5.56 Å². The van der Waals surface area contributed by atoms with Crippen LogP contribution < -0.4 is 10.3 Å². The molecule has 1 aromatic heterocycles. The van der Waals surface area contributed by atoms with Crippen LogP contribution in [0.5, 0.6) is 5.75 Å². The highest BCUT2D eigenvalue weighted by atomic mass is 127. The van der Waals surface area contributed by atoms with Gasteiger partial charge in [-0.2, -0.15) is 9.78 Å². The molecule has 0 aliphatic carbocycles. The van der Waals surface area contributed by atoms with Gasteiger partial charge in [-0.3, -0.25) is 4.79 Å². The standard InChI is InChI=1S/C21H21BrIN3O2/c1-4-13(3)28-19-9-6-14(10-17(19)23)12-24-26-20(5-2)25-18-8-7-15(22)11-16(18)21(26)27/h6-13H,4-5H2,1-3H3/t13-/m0/s1.